The summed E-state index contributed by atoms with van der Waals surface area (Å²) in [6.45, 7) is 11.9. The van der Waals surface area contributed by atoms with Crippen molar-refractivity contribution in [3.05, 3.63) is 27.8 Å². The third-order valence-electron chi connectivity index (χ3n) is 4.86. The molecular weight excluding hydrogens is 410 g/mol. The molecular formula is C20H31N3O6S. The largest absolute Gasteiger partial charge is 0.456 e. The van der Waals surface area contributed by atoms with Crippen LogP contribution in [0.2, 0.25) is 0 Å². The summed E-state index contributed by atoms with van der Waals surface area (Å²) in [5, 5.41) is 4.48. The molecule has 1 aromatic carbocycles. The van der Waals surface area contributed by atoms with Crippen molar-refractivity contribution in [2.24, 2.45) is 0 Å². The van der Waals surface area contributed by atoms with Gasteiger partial charge < -0.3 is 10.1 Å². The van der Waals surface area contributed by atoms with Crippen LogP contribution >= 0.6 is 0 Å². The first-order chi connectivity index (χ1) is 13.8. The Morgan fingerprint density at radius 1 is 0.900 bits per heavy atom. The third kappa shape index (κ3) is 6.81. The number of urea groups is 1. The summed E-state index contributed by atoms with van der Waals surface area (Å²) in [6.07, 6.45) is -0.257. The average molecular weight is 442 g/mol. The fourth-order valence-corrected chi connectivity index (χ4v) is 4.54. The number of carbonyl (C=O) groups excluding carboxylic acids is 3. The first kappa shape index (κ1) is 25.6. The van der Waals surface area contributed by atoms with Gasteiger partial charge in [0.25, 0.3) is 5.91 Å². The van der Waals surface area contributed by atoms with Crippen LogP contribution in [0.1, 0.15) is 48.1 Å². The van der Waals surface area contributed by atoms with Gasteiger partial charge in [0.05, 0.1) is 11.3 Å². The van der Waals surface area contributed by atoms with Gasteiger partial charge in [0.15, 0.2) is 6.61 Å². The van der Waals surface area contributed by atoms with E-state index in [1.54, 1.807) is 27.7 Å². The molecule has 0 bridgehead atoms. The highest BCUT2D eigenvalue weighted by Gasteiger charge is 2.23. The zero-order chi connectivity index (χ0) is 23.2. The van der Waals surface area contributed by atoms with E-state index in [4.69, 9.17) is 4.74 Å². The van der Waals surface area contributed by atoms with Crippen molar-refractivity contribution in [2.75, 3.05) is 13.2 Å². The van der Waals surface area contributed by atoms with Crippen LogP contribution < -0.4 is 15.4 Å². The third-order valence-corrected chi connectivity index (χ3v) is 6.59. The highest BCUT2D eigenvalue weighted by atomic mass is 32.2. The average Bonchev–Trinajstić information content (AvgIpc) is 2.62. The molecule has 10 heteroatoms. The maximum absolute atomic E-state index is 12.8. The monoisotopic (exact) mass is 441 g/mol. The Bertz CT molecular complexity index is 909. The van der Waals surface area contributed by atoms with Crippen LogP contribution in [0.5, 0.6) is 0 Å². The molecule has 1 aromatic rings. The second kappa shape index (κ2) is 10.5. The number of benzene rings is 1. The summed E-state index contributed by atoms with van der Waals surface area (Å²) in [5.41, 5.74) is 4.20. The summed E-state index contributed by atoms with van der Waals surface area (Å²) in [5.74, 6) is -1.54. The zero-order valence-corrected chi connectivity index (χ0v) is 19.4. The summed E-state index contributed by atoms with van der Waals surface area (Å²) in [7, 11) is -3.83. The van der Waals surface area contributed by atoms with E-state index in [0.717, 1.165) is 16.7 Å². The van der Waals surface area contributed by atoms with Crippen LogP contribution in [-0.4, -0.2) is 45.5 Å². The van der Waals surface area contributed by atoms with E-state index >= 15 is 0 Å². The van der Waals surface area contributed by atoms with E-state index in [-0.39, 0.29) is 23.9 Å². The van der Waals surface area contributed by atoms with Gasteiger partial charge in [-0.25, -0.2) is 17.9 Å². The molecule has 0 aromatic heterocycles. The molecule has 168 valence electrons. The standard InChI is InChI=1S/C20H31N3O6S/c1-11(2)22-20(26)23-17(24)10-29-18(25)8-9-21-30(27,28)19-15(6)13(4)12(3)14(5)16(19)7/h11,21H,8-10H2,1-7H3,(H2,22,23,24,26). The first-order valence-corrected chi connectivity index (χ1v) is 11.1. The Morgan fingerprint density at radius 3 is 1.90 bits per heavy atom. The van der Waals surface area contributed by atoms with Crippen molar-refractivity contribution >= 4 is 27.9 Å². The van der Waals surface area contributed by atoms with Gasteiger partial charge in [-0.2, -0.15) is 0 Å². The van der Waals surface area contributed by atoms with Crippen LogP contribution in [0.25, 0.3) is 0 Å². The Balaban J connectivity index is 2.63. The van der Waals surface area contributed by atoms with E-state index in [1.165, 1.54) is 0 Å². The van der Waals surface area contributed by atoms with Crippen molar-refractivity contribution in [1.82, 2.24) is 15.4 Å². The van der Waals surface area contributed by atoms with Crippen molar-refractivity contribution in [1.29, 1.82) is 0 Å². The lowest BCUT2D eigenvalue weighted by molar-refractivity contribution is -0.148. The minimum absolute atomic E-state index is 0.151. The second-order valence-electron chi connectivity index (χ2n) is 7.44. The number of nitrogens with one attached hydrogen (secondary N) is 3. The van der Waals surface area contributed by atoms with Crippen LogP contribution in [0.4, 0.5) is 4.79 Å². The highest BCUT2D eigenvalue weighted by Crippen LogP contribution is 2.29. The molecule has 9 nitrogen and oxygen atoms in total. The number of carbonyl (C=O) groups is 3. The number of rotatable bonds is 8. The second-order valence-corrected chi connectivity index (χ2v) is 9.14. The van der Waals surface area contributed by atoms with Crippen molar-refractivity contribution in [3.8, 4) is 0 Å². The van der Waals surface area contributed by atoms with Gasteiger partial charge in [0.1, 0.15) is 0 Å². The van der Waals surface area contributed by atoms with Gasteiger partial charge in [0, 0.05) is 12.6 Å². The Hall–Kier alpha value is -2.46. The molecule has 30 heavy (non-hydrogen) atoms. The molecule has 0 atom stereocenters. The van der Waals surface area contributed by atoms with Gasteiger partial charge >= 0.3 is 12.0 Å². The number of hydrogen-bond acceptors (Lipinski definition) is 6. The Labute approximate surface area is 178 Å². The van der Waals surface area contributed by atoms with Crippen LogP contribution in [0, 0.1) is 34.6 Å². The predicted octanol–water partition coefficient (Wildman–Crippen LogP) is 1.67. The quantitative estimate of drug-likeness (QED) is 0.526. The SMILES string of the molecule is Cc1c(C)c(C)c(S(=O)(=O)NCCC(=O)OCC(=O)NC(=O)NC(C)C)c(C)c1C. The minimum Gasteiger partial charge on any atom is -0.456 e. The predicted molar refractivity (Wildman–Crippen MR) is 113 cm³/mol. The normalized spacial score (nSPS) is 11.3. The molecule has 0 aliphatic rings. The lowest BCUT2D eigenvalue weighted by Crippen LogP contribution is -2.44. The van der Waals surface area contributed by atoms with Gasteiger partial charge in [-0.3, -0.25) is 14.9 Å². The maximum Gasteiger partial charge on any atom is 0.321 e. The topological polar surface area (TPSA) is 131 Å². The van der Waals surface area contributed by atoms with E-state index in [0.29, 0.717) is 11.1 Å². The Morgan fingerprint density at radius 2 is 1.40 bits per heavy atom. The first-order valence-electron chi connectivity index (χ1n) is 9.60. The lowest BCUT2D eigenvalue weighted by atomic mass is 9.95. The Kier molecular flexibility index (Phi) is 8.98. The molecule has 0 aliphatic carbocycles. The smallest absolute Gasteiger partial charge is 0.321 e. The van der Waals surface area contributed by atoms with E-state index < -0.39 is 34.5 Å². The van der Waals surface area contributed by atoms with Gasteiger partial charge in [-0.1, -0.05) is 0 Å². The molecule has 1 rings (SSSR count). The van der Waals surface area contributed by atoms with Crippen molar-refractivity contribution < 1.29 is 27.5 Å². The van der Waals surface area contributed by atoms with Gasteiger partial charge in [-0.05, 0) is 76.3 Å². The summed E-state index contributed by atoms with van der Waals surface area (Å²) in [4.78, 5) is 34.9. The van der Waals surface area contributed by atoms with Gasteiger partial charge in [-0.15, -0.1) is 0 Å². The van der Waals surface area contributed by atoms with Gasteiger partial charge in [0.2, 0.25) is 10.0 Å². The highest BCUT2D eigenvalue weighted by molar-refractivity contribution is 7.89. The molecule has 0 heterocycles. The molecule has 0 saturated heterocycles. The van der Waals surface area contributed by atoms with E-state index in [2.05, 4.69) is 10.0 Å². The fourth-order valence-electron chi connectivity index (χ4n) is 2.91. The molecule has 3 N–H and O–H groups in total. The minimum atomic E-state index is -3.83. The molecule has 0 fully saturated rings. The summed E-state index contributed by atoms with van der Waals surface area (Å²) >= 11 is 0. The van der Waals surface area contributed by atoms with Crippen LogP contribution in [-0.2, 0) is 24.3 Å². The van der Waals surface area contributed by atoms with Crippen LogP contribution in [0.15, 0.2) is 4.90 Å². The molecule has 0 aliphatic heterocycles. The number of ether oxygens (including phenoxy) is 1. The molecule has 0 spiro atoms. The van der Waals surface area contributed by atoms with Crippen molar-refractivity contribution in [2.45, 2.75) is 65.8 Å². The number of sulfonamides is 1. The zero-order valence-electron chi connectivity index (χ0n) is 18.6. The molecule has 0 saturated carbocycles. The molecule has 0 unspecified atom stereocenters. The molecule has 0 radical (unpaired) electrons. The summed E-state index contributed by atoms with van der Waals surface area (Å²) in [6, 6.07) is -0.838. The van der Waals surface area contributed by atoms with Crippen LogP contribution in [0.3, 0.4) is 0 Å². The van der Waals surface area contributed by atoms with E-state index in [9.17, 15) is 22.8 Å². The molecule has 3 amide bonds. The fraction of sp³-hybridized carbons (Fsp3) is 0.550. The number of imide groups is 1. The van der Waals surface area contributed by atoms with Crippen molar-refractivity contribution in [3.63, 3.8) is 0 Å². The number of hydrogen-bond donors (Lipinski definition) is 3. The maximum atomic E-state index is 12.8. The number of amides is 3. The van der Waals surface area contributed by atoms with E-state index in [1.807, 2.05) is 26.1 Å². The summed E-state index contributed by atoms with van der Waals surface area (Å²) < 4.78 is 32.7. The number of esters is 1. The lowest BCUT2D eigenvalue weighted by Gasteiger charge is -2.19.